The summed E-state index contributed by atoms with van der Waals surface area (Å²) in [5.74, 6) is 0.497. The van der Waals surface area contributed by atoms with Gasteiger partial charge in [-0.1, -0.05) is 0 Å². The van der Waals surface area contributed by atoms with Crippen molar-refractivity contribution in [1.82, 2.24) is 19.1 Å². The van der Waals surface area contributed by atoms with Gasteiger partial charge in [0.15, 0.2) is 5.60 Å². The maximum Gasteiger partial charge on any atom is 0.415 e. The summed E-state index contributed by atoms with van der Waals surface area (Å²) in [5.41, 5.74) is 0.362. The second-order valence-corrected chi connectivity index (χ2v) is 6.07. The summed E-state index contributed by atoms with van der Waals surface area (Å²) < 4.78 is 15.1. The van der Waals surface area contributed by atoms with E-state index in [0.717, 1.165) is 5.69 Å². The van der Waals surface area contributed by atoms with Crippen molar-refractivity contribution < 1.29 is 14.4 Å². The highest BCUT2D eigenvalue weighted by atomic mass is 16.6. The zero-order valence-corrected chi connectivity index (χ0v) is 13.4. The van der Waals surface area contributed by atoms with Crippen molar-refractivity contribution in [2.45, 2.75) is 19.1 Å². The van der Waals surface area contributed by atoms with Crippen LogP contribution in [0.25, 0.3) is 5.69 Å². The SMILES string of the molecule is CC1(COc2ccc(-n3ccnc3)cc2)Cn2cc([N+](=O)[O-])nc2O1. The van der Waals surface area contributed by atoms with E-state index in [2.05, 4.69) is 9.97 Å². The zero-order valence-electron chi connectivity index (χ0n) is 13.4. The van der Waals surface area contributed by atoms with E-state index >= 15 is 0 Å². The number of nitro groups is 1. The Hall–Kier alpha value is -3.36. The molecule has 1 aliphatic heterocycles. The first-order chi connectivity index (χ1) is 12.0. The number of imidazole rings is 2. The fourth-order valence-corrected chi connectivity index (χ4v) is 2.72. The minimum atomic E-state index is -0.625. The monoisotopic (exact) mass is 341 g/mol. The molecule has 0 N–H and O–H groups in total. The van der Waals surface area contributed by atoms with Crippen LogP contribution in [-0.2, 0) is 6.54 Å². The maximum absolute atomic E-state index is 10.7. The normalized spacial score (nSPS) is 18.6. The molecule has 1 aromatic carbocycles. The zero-order chi connectivity index (χ0) is 17.4. The van der Waals surface area contributed by atoms with Crippen LogP contribution in [0.5, 0.6) is 11.8 Å². The standard InChI is InChI=1S/C16H15N5O4/c1-16(9-20-8-14(21(22)23)18-15(20)25-16)10-24-13-4-2-12(3-5-13)19-7-6-17-11-19/h2-8,11H,9-10H2,1H3. The maximum atomic E-state index is 10.7. The molecule has 9 heteroatoms. The van der Waals surface area contributed by atoms with E-state index in [0.29, 0.717) is 18.9 Å². The summed E-state index contributed by atoms with van der Waals surface area (Å²) in [6, 6.07) is 7.86. The Morgan fingerprint density at radius 3 is 2.84 bits per heavy atom. The van der Waals surface area contributed by atoms with Crippen LogP contribution in [0.1, 0.15) is 6.92 Å². The lowest BCUT2D eigenvalue weighted by Crippen LogP contribution is -2.38. The fraction of sp³-hybridized carbons (Fsp3) is 0.250. The van der Waals surface area contributed by atoms with Crippen molar-refractivity contribution in [2.75, 3.05) is 6.61 Å². The molecular weight excluding hydrogens is 326 g/mol. The summed E-state index contributed by atoms with van der Waals surface area (Å²) in [6.45, 7) is 2.62. The highest BCUT2D eigenvalue weighted by molar-refractivity contribution is 5.37. The molecule has 3 aromatic rings. The number of aromatic nitrogens is 4. The quantitative estimate of drug-likeness (QED) is 0.521. The number of rotatable bonds is 5. The molecule has 3 heterocycles. The van der Waals surface area contributed by atoms with Crippen molar-refractivity contribution in [3.05, 3.63) is 59.3 Å². The molecule has 4 rings (SSSR count). The summed E-state index contributed by atoms with van der Waals surface area (Å²) in [7, 11) is 0. The lowest BCUT2D eigenvalue weighted by molar-refractivity contribution is -0.389. The predicted octanol–water partition coefficient (Wildman–Crippen LogP) is 2.21. The van der Waals surface area contributed by atoms with Gasteiger partial charge in [0.1, 0.15) is 18.6 Å². The Morgan fingerprint density at radius 2 is 2.20 bits per heavy atom. The molecule has 2 aromatic heterocycles. The highest BCUT2D eigenvalue weighted by Crippen LogP contribution is 2.31. The van der Waals surface area contributed by atoms with E-state index in [4.69, 9.17) is 9.47 Å². The average Bonchev–Trinajstić information content (AvgIpc) is 3.29. The Balaban J connectivity index is 1.40. The number of hydrogen-bond donors (Lipinski definition) is 0. The van der Waals surface area contributed by atoms with Crippen molar-refractivity contribution >= 4 is 5.82 Å². The molecule has 1 unspecified atom stereocenters. The largest absolute Gasteiger partial charge is 0.489 e. The molecular formula is C16H15N5O4. The van der Waals surface area contributed by atoms with Crippen LogP contribution in [0.3, 0.4) is 0 Å². The Kier molecular flexibility index (Phi) is 3.41. The van der Waals surface area contributed by atoms with Gasteiger partial charge >= 0.3 is 11.8 Å². The molecule has 9 nitrogen and oxygen atoms in total. The van der Waals surface area contributed by atoms with E-state index in [9.17, 15) is 10.1 Å². The minimum Gasteiger partial charge on any atom is -0.489 e. The fourth-order valence-electron chi connectivity index (χ4n) is 2.72. The van der Waals surface area contributed by atoms with Gasteiger partial charge in [-0.05, 0) is 36.1 Å². The van der Waals surface area contributed by atoms with Gasteiger partial charge in [-0.15, -0.1) is 0 Å². The van der Waals surface area contributed by atoms with Crippen molar-refractivity contribution in [1.29, 1.82) is 0 Å². The molecule has 0 saturated heterocycles. The van der Waals surface area contributed by atoms with E-state index in [-0.39, 0.29) is 11.8 Å². The van der Waals surface area contributed by atoms with E-state index < -0.39 is 10.5 Å². The number of fused-ring (bicyclic) bond motifs is 1. The second-order valence-electron chi connectivity index (χ2n) is 6.07. The van der Waals surface area contributed by atoms with Gasteiger partial charge in [0.05, 0.1) is 12.9 Å². The predicted molar refractivity (Wildman–Crippen MR) is 87.0 cm³/mol. The molecule has 0 saturated carbocycles. The van der Waals surface area contributed by atoms with Crippen molar-refractivity contribution in [2.24, 2.45) is 0 Å². The third-order valence-corrected chi connectivity index (χ3v) is 3.94. The molecule has 0 fully saturated rings. The van der Waals surface area contributed by atoms with Gasteiger partial charge in [0.2, 0.25) is 0 Å². The summed E-state index contributed by atoms with van der Waals surface area (Å²) in [5, 5.41) is 10.7. The third kappa shape index (κ3) is 2.91. The van der Waals surface area contributed by atoms with Crippen molar-refractivity contribution in [3.63, 3.8) is 0 Å². The average molecular weight is 341 g/mol. The van der Waals surface area contributed by atoms with E-state index in [1.165, 1.54) is 6.20 Å². The van der Waals surface area contributed by atoms with E-state index in [1.807, 2.05) is 42.0 Å². The molecule has 0 spiro atoms. The Morgan fingerprint density at radius 1 is 1.40 bits per heavy atom. The van der Waals surface area contributed by atoms with Gasteiger partial charge < -0.3 is 24.2 Å². The second kappa shape index (κ2) is 5.62. The van der Waals surface area contributed by atoms with Crippen LogP contribution in [0.4, 0.5) is 5.82 Å². The number of benzene rings is 1. The van der Waals surface area contributed by atoms with Gasteiger partial charge in [0.25, 0.3) is 0 Å². The van der Waals surface area contributed by atoms with Crippen LogP contribution in [0.15, 0.2) is 49.2 Å². The first kappa shape index (κ1) is 15.2. The molecule has 0 amide bonds. The molecule has 1 atom stereocenters. The lowest BCUT2D eigenvalue weighted by atomic mass is 10.1. The third-order valence-electron chi connectivity index (χ3n) is 3.94. The highest BCUT2D eigenvalue weighted by Gasteiger charge is 2.41. The minimum absolute atomic E-state index is 0.215. The first-order valence-electron chi connectivity index (χ1n) is 7.64. The lowest BCUT2D eigenvalue weighted by Gasteiger charge is -2.22. The van der Waals surface area contributed by atoms with Gasteiger partial charge in [-0.25, -0.2) is 4.98 Å². The summed E-state index contributed by atoms with van der Waals surface area (Å²) in [6.07, 6.45) is 6.69. The van der Waals surface area contributed by atoms with Crippen LogP contribution >= 0.6 is 0 Å². The van der Waals surface area contributed by atoms with Crippen LogP contribution in [0, 0.1) is 10.1 Å². The molecule has 0 aliphatic carbocycles. The molecule has 1 aliphatic rings. The Bertz CT molecular complexity index is 878. The van der Waals surface area contributed by atoms with Crippen LogP contribution in [0.2, 0.25) is 0 Å². The first-order valence-corrected chi connectivity index (χ1v) is 7.64. The van der Waals surface area contributed by atoms with Gasteiger partial charge in [0, 0.05) is 23.1 Å². The summed E-state index contributed by atoms with van der Waals surface area (Å²) in [4.78, 5) is 18.1. The molecule has 25 heavy (non-hydrogen) atoms. The molecule has 0 radical (unpaired) electrons. The number of ether oxygens (including phenoxy) is 2. The van der Waals surface area contributed by atoms with Gasteiger partial charge in [-0.2, -0.15) is 0 Å². The van der Waals surface area contributed by atoms with Crippen LogP contribution in [-0.4, -0.2) is 36.2 Å². The molecule has 0 bridgehead atoms. The summed E-state index contributed by atoms with van der Waals surface area (Å²) >= 11 is 0. The van der Waals surface area contributed by atoms with Crippen LogP contribution < -0.4 is 9.47 Å². The molecule has 128 valence electrons. The van der Waals surface area contributed by atoms with E-state index in [1.54, 1.807) is 17.1 Å². The van der Waals surface area contributed by atoms with Crippen molar-refractivity contribution in [3.8, 4) is 17.4 Å². The topological polar surface area (TPSA) is 97.2 Å². The van der Waals surface area contributed by atoms with Gasteiger partial charge in [-0.3, -0.25) is 4.57 Å². The Labute approximate surface area is 142 Å². The number of nitrogens with zero attached hydrogens (tertiary/aromatic N) is 5. The smallest absolute Gasteiger partial charge is 0.415 e. The number of hydrogen-bond acceptors (Lipinski definition) is 6.